The van der Waals surface area contributed by atoms with Gasteiger partial charge >= 0.3 is 21.4 Å². The number of hydrogen-bond donors (Lipinski definition) is 0. The number of anilines is 3. The molecule has 8 rings (SSSR count). The van der Waals surface area contributed by atoms with Gasteiger partial charge in [0.05, 0.1) is 20.1 Å². The van der Waals surface area contributed by atoms with Crippen LogP contribution in [0, 0.1) is 0 Å². The Morgan fingerprint density at radius 3 is 1.77 bits per heavy atom. The number of benzene rings is 3. The number of fused-ring (bicyclic) bond motifs is 4. The van der Waals surface area contributed by atoms with Gasteiger partial charge in [0.1, 0.15) is 22.5 Å². The third-order valence-corrected chi connectivity index (χ3v) is 8.19. The van der Waals surface area contributed by atoms with Crippen LogP contribution in [0.4, 0.5) is 28.4 Å². The fourth-order valence-electron chi connectivity index (χ4n) is 5.43. The van der Waals surface area contributed by atoms with Gasteiger partial charge < -0.3 is 0 Å². The molecule has 30 heavy (non-hydrogen) atoms. The molecule has 2 aromatic heterocycles. The summed E-state index contributed by atoms with van der Waals surface area (Å²) in [7, 11) is 0. The molecule has 0 saturated carbocycles. The standard InChI is InChI=1S/C24H15N4S2/c1-2-6-16(7-3-1)27-19-10-4-8-17-21(19)28(25-12-14-29-23(17)25)22-18(9-5-11-20(22)27)24-26(28)13-15-30-24/h1-15H/q+3. The predicted molar refractivity (Wildman–Crippen MR) is 120 cm³/mol. The van der Waals surface area contributed by atoms with E-state index in [-0.39, 0.29) is 0 Å². The second kappa shape index (κ2) is 5.05. The van der Waals surface area contributed by atoms with Crippen LogP contribution in [-0.2, 0) is 0 Å². The van der Waals surface area contributed by atoms with Gasteiger partial charge in [0.25, 0.3) is 0 Å². The first kappa shape index (κ1) is 15.5. The molecule has 0 bridgehead atoms. The van der Waals surface area contributed by atoms with Crippen LogP contribution in [0.15, 0.2) is 89.9 Å². The average Bonchev–Trinajstić information content (AvgIpc) is 3.55. The lowest BCUT2D eigenvalue weighted by Gasteiger charge is -2.32. The molecule has 0 unspecified atom stereocenters. The number of quaternary nitrogens is 1. The minimum absolute atomic E-state index is 0.581. The van der Waals surface area contributed by atoms with E-state index in [4.69, 9.17) is 0 Å². The van der Waals surface area contributed by atoms with Gasteiger partial charge in [-0.15, -0.1) is 0 Å². The van der Waals surface area contributed by atoms with Gasteiger partial charge in [-0.1, -0.05) is 53.0 Å². The average molecular weight is 424 g/mol. The molecule has 3 aliphatic rings. The van der Waals surface area contributed by atoms with E-state index >= 15 is 0 Å². The van der Waals surface area contributed by atoms with Crippen molar-refractivity contribution < 1.29 is 9.35 Å². The summed E-state index contributed by atoms with van der Waals surface area (Å²) < 4.78 is 5.46. The van der Waals surface area contributed by atoms with Crippen molar-refractivity contribution in [3.05, 3.63) is 89.9 Å². The molecule has 140 valence electrons. The lowest BCUT2D eigenvalue weighted by Crippen LogP contribution is -2.80. The number of nitrogens with zero attached hydrogens (tertiary/aromatic N) is 4. The first-order valence-electron chi connectivity index (χ1n) is 9.93. The van der Waals surface area contributed by atoms with Gasteiger partial charge in [0, 0.05) is 5.69 Å². The van der Waals surface area contributed by atoms with Crippen LogP contribution in [0.1, 0.15) is 0 Å². The van der Waals surface area contributed by atoms with Crippen LogP contribution >= 0.6 is 22.7 Å². The summed E-state index contributed by atoms with van der Waals surface area (Å²) in [6, 6.07) is 24.2. The van der Waals surface area contributed by atoms with Crippen molar-refractivity contribution in [3.8, 4) is 21.1 Å². The van der Waals surface area contributed by atoms with E-state index in [1.807, 2.05) is 22.7 Å². The molecular weight excluding hydrogens is 408 g/mol. The van der Waals surface area contributed by atoms with Crippen LogP contribution in [0.3, 0.4) is 0 Å². The van der Waals surface area contributed by atoms with E-state index in [0.29, 0.717) is 4.70 Å². The maximum Gasteiger partial charge on any atom is 0.341 e. The third-order valence-electron chi connectivity index (χ3n) is 6.41. The quantitative estimate of drug-likeness (QED) is 0.244. The Kier molecular flexibility index (Phi) is 2.61. The fraction of sp³-hybridized carbons (Fsp3) is 0. The Hall–Kier alpha value is -3.32. The van der Waals surface area contributed by atoms with E-state index in [0.717, 1.165) is 0 Å². The van der Waals surface area contributed by atoms with Crippen molar-refractivity contribution in [3.63, 3.8) is 0 Å². The summed E-state index contributed by atoms with van der Waals surface area (Å²) in [5, 5.41) is 7.01. The number of para-hydroxylation sites is 3. The van der Waals surface area contributed by atoms with Crippen molar-refractivity contribution in [1.29, 1.82) is 0 Å². The fourth-order valence-corrected chi connectivity index (χ4v) is 7.20. The molecule has 0 saturated heterocycles. The zero-order chi connectivity index (χ0) is 19.4. The highest BCUT2D eigenvalue weighted by Gasteiger charge is 2.73. The highest BCUT2D eigenvalue weighted by Crippen LogP contribution is 2.63. The highest BCUT2D eigenvalue weighted by atomic mass is 32.1. The predicted octanol–water partition coefficient (Wildman–Crippen LogP) is 5.69. The Bertz CT molecular complexity index is 1420. The molecule has 6 heteroatoms. The van der Waals surface area contributed by atoms with Crippen LogP contribution in [-0.4, -0.2) is 0 Å². The van der Waals surface area contributed by atoms with Crippen LogP contribution in [0.2, 0.25) is 0 Å². The minimum atomic E-state index is 0.581. The van der Waals surface area contributed by atoms with Crippen molar-refractivity contribution in [2.75, 3.05) is 4.90 Å². The summed E-state index contributed by atoms with van der Waals surface area (Å²) in [5.74, 6) is 0. The highest BCUT2D eigenvalue weighted by molar-refractivity contribution is 7.13. The molecule has 3 aromatic carbocycles. The SMILES string of the molecule is c1ccc(N2c3cccc4c3[N+]3(c5c(cccc52)-c2scc[n+]23)[n+]2ccsc2-4)cc1. The Morgan fingerprint density at radius 2 is 1.20 bits per heavy atom. The number of hydrogen-bond acceptors (Lipinski definition) is 3. The van der Waals surface area contributed by atoms with Gasteiger partial charge in [0.15, 0.2) is 4.70 Å². The maximum absolute atomic E-state index is 2.44. The normalized spacial score (nSPS) is 15.5. The van der Waals surface area contributed by atoms with Gasteiger partial charge in [0.2, 0.25) is 12.4 Å². The molecule has 0 aliphatic carbocycles. The van der Waals surface area contributed by atoms with Gasteiger partial charge in [-0.05, 0) is 36.4 Å². The Balaban J connectivity index is 1.63. The molecule has 5 aromatic rings. The largest absolute Gasteiger partial charge is 0.341 e. The first-order chi connectivity index (χ1) is 14.9. The molecule has 0 fully saturated rings. The first-order valence-corrected chi connectivity index (χ1v) is 11.7. The summed E-state index contributed by atoms with van der Waals surface area (Å²) in [6.07, 6.45) is 4.48. The molecule has 5 heterocycles. The van der Waals surface area contributed by atoms with Gasteiger partial charge in [-0.2, -0.15) is 0 Å². The topological polar surface area (TPSA) is 11.0 Å². The summed E-state index contributed by atoms with van der Waals surface area (Å²) >= 11 is 3.63. The van der Waals surface area contributed by atoms with E-state index < -0.39 is 0 Å². The minimum Gasteiger partial charge on any atom is -0.299 e. The van der Waals surface area contributed by atoms with Crippen molar-refractivity contribution in [2.45, 2.75) is 0 Å². The molecule has 0 atom stereocenters. The van der Waals surface area contributed by atoms with E-state index in [2.05, 4.69) is 104 Å². The van der Waals surface area contributed by atoms with Gasteiger partial charge in [-0.25, -0.2) is 0 Å². The third kappa shape index (κ3) is 1.48. The molecule has 0 radical (unpaired) electrons. The van der Waals surface area contributed by atoms with Crippen molar-refractivity contribution >= 4 is 51.1 Å². The zero-order valence-corrected chi connectivity index (χ0v) is 17.4. The van der Waals surface area contributed by atoms with E-state index in [1.54, 1.807) is 0 Å². The lowest BCUT2D eigenvalue weighted by atomic mass is 10.0. The summed E-state index contributed by atoms with van der Waals surface area (Å²) in [6.45, 7) is 0. The summed E-state index contributed by atoms with van der Waals surface area (Å²) in [5.41, 5.74) is 8.96. The molecule has 3 aliphatic heterocycles. The molecular formula is C24H15N4S2+3. The van der Waals surface area contributed by atoms with Crippen LogP contribution in [0.25, 0.3) is 21.1 Å². The Morgan fingerprint density at radius 1 is 0.633 bits per heavy atom. The monoisotopic (exact) mass is 423 g/mol. The van der Waals surface area contributed by atoms with E-state index in [1.165, 1.54) is 49.6 Å². The van der Waals surface area contributed by atoms with Crippen molar-refractivity contribution in [1.82, 2.24) is 4.70 Å². The smallest absolute Gasteiger partial charge is 0.299 e. The van der Waals surface area contributed by atoms with Crippen LogP contribution < -0.4 is 19.0 Å². The van der Waals surface area contributed by atoms with Gasteiger partial charge in [-0.3, -0.25) is 4.90 Å². The van der Waals surface area contributed by atoms with Crippen molar-refractivity contribution in [2.24, 2.45) is 0 Å². The molecule has 0 N–H and O–H groups in total. The van der Waals surface area contributed by atoms with Crippen LogP contribution in [0.5, 0.6) is 0 Å². The second-order valence-corrected chi connectivity index (χ2v) is 9.51. The number of aromatic nitrogens is 2. The Labute approximate surface area is 180 Å². The molecule has 4 nitrogen and oxygen atoms in total. The molecule has 1 spiro atoms. The number of thiazole rings is 2. The van der Waals surface area contributed by atoms with E-state index in [9.17, 15) is 0 Å². The molecule has 0 amide bonds. The maximum atomic E-state index is 2.44. The zero-order valence-electron chi connectivity index (χ0n) is 15.8. The lowest BCUT2D eigenvalue weighted by molar-refractivity contribution is -1.02. The number of rotatable bonds is 1. The summed E-state index contributed by atoms with van der Waals surface area (Å²) in [4.78, 5) is 2.43. The second-order valence-electron chi connectivity index (χ2n) is 7.72.